The highest BCUT2D eigenvalue weighted by molar-refractivity contribution is 9.11. The molecule has 8 heteroatoms. The summed E-state index contributed by atoms with van der Waals surface area (Å²) in [4.78, 5) is 14.9. The van der Waals surface area contributed by atoms with Crippen LogP contribution in [0.25, 0.3) is 0 Å². The van der Waals surface area contributed by atoms with Gasteiger partial charge >= 0.3 is 5.97 Å². The molecule has 0 bridgehead atoms. The van der Waals surface area contributed by atoms with Crippen LogP contribution in [-0.4, -0.2) is 23.2 Å². The molecule has 0 unspecified atom stereocenters. The van der Waals surface area contributed by atoms with Gasteiger partial charge in [0.25, 0.3) is 0 Å². The molecule has 1 aromatic carbocycles. The summed E-state index contributed by atoms with van der Waals surface area (Å²) >= 11 is 6.68. The summed E-state index contributed by atoms with van der Waals surface area (Å²) in [5.74, 6) is -1.40. The van der Waals surface area contributed by atoms with E-state index in [0.717, 1.165) is 16.7 Å². The normalized spacial score (nSPS) is 10.3. The average molecular weight is 420 g/mol. The Morgan fingerprint density at radius 1 is 1.33 bits per heavy atom. The van der Waals surface area contributed by atoms with Crippen LogP contribution in [0.4, 0.5) is 15.9 Å². The average Bonchev–Trinajstić information content (AvgIpc) is 2.43. The molecule has 2 N–H and O–H groups in total. The van der Waals surface area contributed by atoms with E-state index in [-0.39, 0.29) is 11.4 Å². The summed E-state index contributed by atoms with van der Waals surface area (Å²) in [6.07, 6.45) is 0.943. The zero-order chi connectivity index (χ0) is 15.6. The van der Waals surface area contributed by atoms with E-state index < -0.39 is 11.8 Å². The number of pyridine rings is 1. The minimum atomic E-state index is -1.27. The van der Waals surface area contributed by atoms with Crippen molar-refractivity contribution in [1.29, 1.82) is 0 Å². The fraction of sp³-hybridized carbons (Fsp3) is 0.0769. The van der Waals surface area contributed by atoms with E-state index in [9.17, 15) is 9.18 Å². The van der Waals surface area contributed by atoms with Crippen LogP contribution in [0.1, 0.15) is 10.4 Å². The third kappa shape index (κ3) is 3.51. The summed E-state index contributed by atoms with van der Waals surface area (Å²) in [6.45, 7) is 0. The van der Waals surface area contributed by atoms with Crippen LogP contribution in [0.5, 0.6) is 5.75 Å². The Morgan fingerprint density at radius 3 is 2.67 bits per heavy atom. The predicted octanol–water partition coefficient (Wildman–Crippen LogP) is 4.20. The number of hydrogen-bond acceptors (Lipinski definition) is 4. The number of aromatic carboxylic acids is 1. The van der Waals surface area contributed by atoms with Crippen molar-refractivity contribution in [3.8, 4) is 5.75 Å². The number of carboxylic acids is 1. The van der Waals surface area contributed by atoms with Crippen LogP contribution in [0, 0.1) is 5.82 Å². The van der Waals surface area contributed by atoms with Crippen LogP contribution in [-0.2, 0) is 0 Å². The zero-order valence-electron chi connectivity index (χ0n) is 10.7. The first-order valence-electron chi connectivity index (χ1n) is 5.61. The van der Waals surface area contributed by atoms with Gasteiger partial charge in [-0.25, -0.2) is 14.2 Å². The molecule has 0 aliphatic rings. The van der Waals surface area contributed by atoms with Crippen molar-refractivity contribution in [3.05, 3.63) is 44.7 Å². The van der Waals surface area contributed by atoms with Gasteiger partial charge in [-0.1, -0.05) is 0 Å². The first kappa shape index (κ1) is 15.7. The van der Waals surface area contributed by atoms with Crippen LogP contribution < -0.4 is 10.1 Å². The SMILES string of the molecule is COc1cc(Nc2ncc(F)cc2C(=O)O)c(Br)cc1Br. The Bertz CT molecular complexity index is 710. The lowest BCUT2D eigenvalue weighted by Gasteiger charge is -2.12. The highest BCUT2D eigenvalue weighted by Gasteiger charge is 2.15. The summed E-state index contributed by atoms with van der Waals surface area (Å²) in [6, 6.07) is 4.30. The van der Waals surface area contributed by atoms with Crippen molar-refractivity contribution in [2.75, 3.05) is 12.4 Å². The van der Waals surface area contributed by atoms with Crippen molar-refractivity contribution in [2.45, 2.75) is 0 Å². The van der Waals surface area contributed by atoms with E-state index in [1.165, 1.54) is 7.11 Å². The number of benzene rings is 1. The van der Waals surface area contributed by atoms with Crippen LogP contribution in [0.3, 0.4) is 0 Å². The van der Waals surface area contributed by atoms with E-state index in [2.05, 4.69) is 42.2 Å². The van der Waals surface area contributed by atoms with Gasteiger partial charge in [0.05, 0.1) is 23.5 Å². The molecule has 0 aliphatic heterocycles. The maximum Gasteiger partial charge on any atom is 0.339 e. The van der Waals surface area contributed by atoms with Gasteiger partial charge in [0, 0.05) is 10.5 Å². The number of aromatic nitrogens is 1. The molecule has 21 heavy (non-hydrogen) atoms. The van der Waals surface area contributed by atoms with Crippen molar-refractivity contribution in [2.24, 2.45) is 0 Å². The Labute approximate surface area is 136 Å². The number of rotatable bonds is 4. The Kier molecular flexibility index (Phi) is 4.79. The van der Waals surface area contributed by atoms with Crippen molar-refractivity contribution < 1.29 is 19.0 Å². The third-order valence-corrected chi connectivity index (χ3v) is 3.86. The Hall–Kier alpha value is -1.67. The fourth-order valence-corrected chi connectivity index (χ4v) is 2.87. The molecule has 1 heterocycles. The van der Waals surface area contributed by atoms with Gasteiger partial charge in [-0.05, 0) is 44.0 Å². The minimum absolute atomic E-state index is 0.0361. The number of nitrogens with zero attached hydrogens (tertiary/aromatic N) is 1. The van der Waals surface area contributed by atoms with Gasteiger partial charge in [0.2, 0.25) is 0 Å². The monoisotopic (exact) mass is 418 g/mol. The number of ether oxygens (including phenoxy) is 1. The molecule has 0 aliphatic carbocycles. The number of carboxylic acid groups (broad SMARTS) is 1. The zero-order valence-corrected chi connectivity index (χ0v) is 13.8. The predicted molar refractivity (Wildman–Crippen MR) is 82.8 cm³/mol. The number of hydrogen-bond donors (Lipinski definition) is 2. The molecular weight excluding hydrogens is 411 g/mol. The molecule has 0 saturated heterocycles. The molecule has 2 rings (SSSR count). The maximum atomic E-state index is 13.1. The quantitative estimate of drug-likeness (QED) is 0.777. The van der Waals surface area contributed by atoms with Gasteiger partial charge in [-0.15, -0.1) is 0 Å². The summed E-state index contributed by atoms with van der Waals surface area (Å²) in [5.41, 5.74) is 0.278. The fourth-order valence-electron chi connectivity index (χ4n) is 1.61. The largest absolute Gasteiger partial charge is 0.495 e. The van der Waals surface area contributed by atoms with Crippen LogP contribution >= 0.6 is 31.9 Å². The smallest absolute Gasteiger partial charge is 0.339 e. The third-order valence-electron chi connectivity index (χ3n) is 2.58. The molecule has 0 radical (unpaired) electrons. The molecule has 5 nitrogen and oxygen atoms in total. The van der Waals surface area contributed by atoms with Crippen molar-refractivity contribution in [1.82, 2.24) is 4.98 Å². The lowest BCUT2D eigenvalue weighted by Crippen LogP contribution is -2.06. The Morgan fingerprint density at radius 2 is 2.05 bits per heavy atom. The summed E-state index contributed by atoms with van der Waals surface area (Å²) in [5, 5.41) is 11.9. The van der Waals surface area contributed by atoms with Gasteiger partial charge in [0.1, 0.15) is 22.9 Å². The molecule has 0 amide bonds. The van der Waals surface area contributed by atoms with Crippen LogP contribution in [0.15, 0.2) is 33.3 Å². The standard InChI is InChI=1S/C13H9Br2FN2O3/c1-21-11-4-10(8(14)3-9(11)15)18-12-7(13(19)20)2-6(16)5-17-12/h2-5H,1H3,(H,17,18)(H,19,20). The summed E-state index contributed by atoms with van der Waals surface area (Å²) < 4.78 is 19.7. The minimum Gasteiger partial charge on any atom is -0.495 e. The number of methoxy groups -OCH3 is 1. The lowest BCUT2D eigenvalue weighted by molar-refractivity contribution is 0.0697. The highest BCUT2D eigenvalue weighted by Crippen LogP contribution is 2.36. The van der Waals surface area contributed by atoms with Gasteiger partial charge in [-0.2, -0.15) is 0 Å². The van der Waals surface area contributed by atoms with Crippen molar-refractivity contribution >= 4 is 49.3 Å². The van der Waals surface area contributed by atoms with Gasteiger partial charge in [0.15, 0.2) is 0 Å². The second-order valence-electron chi connectivity index (χ2n) is 3.95. The molecule has 0 atom stereocenters. The first-order valence-corrected chi connectivity index (χ1v) is 7.20. The van der Waals surface area contributed by atoms with Crippen LogP contribution in [0.2, 0.25) is 0 Å². The number of halogens is 3. The van der Waals surface area contributed by atoms with E-state index in [0.29, 0.717) is 15.9 Å². The molecule has 0 saturated carbocycles. The molecule has 0 spiro atoms. The number of nitrogens with one attached hydrogen (secondary N) is 1. The number of carbonyl (C=O) groups is 1. The van der Waals surface area contributed by atoms with E-state index in [4.69, 9.17) is 9.84 Å². The molecular formula is C13H9Br2FN2O3. The van der Waals surface area contributed by atoms with E-state index in [1.807, 2.05) is 0 Å². The Balaban J connectivity index is 2.45. The van der Waals surface area contributed by atoms with Crippen molar-refractivity contribution in [3.63, 3.8) is 0 Å². The molecule has 0 fully saturated rings. The molecule has 2 aromatic rings. The second kappa shape index (κ2) is 6.40. The molecule has 110 valence electrons. The molecule has 1 aromatic heterocycles. The first-order chi connectivity index (χ1) is 9.92. The van der Waals surface area contributed by atoms with E-state index in [1.54, 1.807) is 12.1 Å². The lowest BCUT2D eigenvalue weighted by atomic mass is 10.2. The second-order valence-corrected chi connectivity index (χ2v) is 5.66. The number of anilines is 2. The van der Waals surface area contributed by atoms with Gasteiger partial charge < -0.3 is 15.2 Å². The van der Waals surface area contributed by atoms with Gasteiger partial charge in [-0.3, -0.25) is 0 Å². The van der Waals surface area contributed by atoms with E-state index >= 15 is 0 Å². The maximum absolute atomic E-state index is 13.1. The summed E-state index contributed by atoms with van der Waals surface area (Å²) in [7, 11) is 1.51. The topological polar surface area (TPSA) is 71.5 Å². The highest BCUT2D eigenvalue weighted by atomic mass is 79.9.